The second kappa shape index (κ2) is 14.3. The van der Waals surface area contributed by atoms with E-state index in [2.05, 4.69) is 31.2 Å². The van der Waals surface area contributed by atoms with Gasteiger partial charge >= 0.3 is 0 Å². The predicted molar refractivity (Wildman–Crippen MR) is 149 cm³/mol. The number of aliphatic hydroxyl groups excluding tert-OH is 4. The number of anilines is 2. The summed E-state index contributed by atoms with van der Waals surface area (Å²) >= 11 is 9.58. The van der Waals surface area contributed by atoms with E-state index in [1.165, 1.54) is 13.4 Å². The molecular weight excluding hydrogens is 600 g/mol. The van der Waals surface area contributed by atoms with Crippen LogP contribution in [-0.2, 0) is 4.74 Å². The maximum absolute atomic E-state index is 10.9. The van der Waals surface area contributed by atoms with Gasteiger partial charge in [0, 0.05) is 34.7 Å². The molecule has 14 heteroatoms. The van der Waals surface area contributed by atoms with Crippen molar-refractivity contribution in [1.82, 2.24) is 14.9 Å². The van der Waals surface area contributed by atoms with Crippen LogP contribution in [-0.4, -0.2) is 112 Å². The van der Waals surface area contributed by atoms with Crippen molar-refractivity contribution in [2.45, 2.75) is 24.4 Å². The van der Waals surface area contributed by atoms with Gasteiger partial charge in [-0.15, -0.1) is 0 Å². The van der Waals surface area contributed by atoms with E-state index < -0.39 is 31.0 Å². The van der Waals surface area contributed by atoms with Crippen molar-refractivity contribution in [2.75, 3.05) is 51.9 Å². The van der Waals surface area contributed by atoms with Crippen LogP contribution >= 0.6 is 27.5 Å². The van der Waals surface area contributed by atoms with Gasteiger partial charge < -0.3 is 45.4 Å². The van der Waals surface area contributed by atoms with Gasteiger partial charge in [0.15, 0.2) is 17.6 Å². The molecule has 4 atom stereocenters. The second-order valence-corrected chi connectivity index (χ2v) is 9.98. The molecule has 214 valence electrons. The highest BCUT2D eigenvalue weighted by molar-refractivity contribution is 9.10. The molecule has 12 nitrogen and oxygen atoms in total. The Kier molecular flexibility index (Phi) is 11.5. The van der Waals surface area contributed by atoms with Crippen LogP contribution in [0.3, 0.4) is 0 Å². The quantitative estimate of drug-likeness (QED) is 0.205. The number of aromatic nitrogens is 2. The van der Waals surface area contributed by atoms with Gasteiger partial charge in [-0.1, -0.05) is 11.6 Å². The molecule has 1 fully saturated rings. The fourth-order valence-corrected chi connectivity index (χ4v) is 4.73. The summed E-state index contributed by atoms with van der Waals surface area (Å²) in [6.07, 6.45) is -2.73. The van der Waals surface area contributed by atoms with Crippen LogP contribution in [0, 0.1) is 0 Å². The topological polar surface area (TPSA) is 181 Å². The van der Waals surface area contributed by atoms with E-state index in [-0.39, 0.29) is 17.8 Å². The Bertz CT molecular complexity index is 1240. The van der Waals surface area contributed by atoms with Crippen LogP contribution < -0.4 is 14.8 Å². The monoisotopic (exact) mass is 630 g/mol. The molecule has 0 spiro atoms. The molecule has 1 aliphatic rings. The highest BCUT2D eigenvalue weighted by atomic mass is 79.9. The van der Waals surface area contributed by atoms with Crippen molar-refractivity contribution in [1.29, 1.82) is 0 Å². The highest BCUT2D eigenvalue weighted by Crippen LogP contribution is 2.36. The van der Waals surface area contributed by atoms with Gasteiger partial charge in [-0.3, -0.25) is 4.90 Å². The molecule has 1 aliphatic heterocycles. The fraction of sp³-hybridized carbons (Fsp3) is 0.440. The van der Waals surface area contributed by atoms with Gasteiger partial charge in [-0.05, 0) is 40.2 Å². The summed E-state index contributed by atoms with van der Waals surface area (Å²) in [4.78, 5) is 10.5. The number of nitrogens with zero attached hydrogens (tertiary/aromatic N) is 3. The average Bonchev–Trinajstić information content (AvgIpc) is 2.94. The molecule has 1 saturated heterocycles. The number of hydrogen-bond acceptors (Lipinski definition) is 11. The van der Waals surface area contributed by atoms with Crippen LogP contribution in [0.25, 0.3) is 10.9 Å². The zero-order chi connectivity index (χ0) is 27.2. The summed E-state index contributed by atoms with van der Waals surface area (Å²) in [7, 11) is 1.46. The number of rotatable bonds is 11. The first-order chi connectivity index (χ1) is 18.4. The number of methoxy groups -OCH3 is 1. The van der Waals surface area contributed by atoms with Crippen LogP contribution in [0.4, 0.5) is 11.5 Å². The number of morpholine rings is 1. The summed E-state index contributed by atoms with van der Waals surface area (Å²) in [6.45, 7) is 0.942. The highest BCUT2D eigenvalue weighted by Gasteiger charge is 2.37. The van der Waals surface area contributed by atoms with Gasteiger partial charge in [0.05, 0.1) is 50.1 Å². The normalized spacial score (nSPS) is 17.1. The Labute approximate surface area is 238 Å². The molecule has 2 heterocycles. The number of aliphatic hydroxyl groups is 4. The first-order valence-electron chi connectivity index (χ1n) is 12.0. The van der Waals surface area contributed by atoms with E-state index in [9.17, 15) is 20.4 Å². The summed E-state index contributed by atoms with van der Waals surface area (Å²) in [5, 5.41) is 46.1. The van der Waals surface area contributed by atoms with E-state index in [4.69, 9.17) is 25.8 Å². The van der Waals surface area contributed by atoms with Crippen molar-refractivity contribution in [3.05, 3.63) is 46.2 Å². The Morgan fingerprint density at radius 3 is 2.46 bits per heavy atom. The SMILES string of the molecule is COc1cc2c(Nc3ccc(Br)c(Cl)c3)ncnc2cc1O[C@H](CO)[C@H](O)[C@@H](O)[C@@H](CO)N1CCOCC1.O. The number of hydrogen-bond donors (Lipinski definition) is 5. The lowest BCUT2D eigenvalue weighted by molar-refractivity contribution is -0.114. The van der Waals surface area contributed by atoms with Crippen LogP contribution in [0.5, 0.6) is 11.5 Å². The van der Waals surface area contributed by atoms with Crippen molar-refractivity contribution in [3.8, 4) is 11.5 Å². The van der Waals surface area contributed by atoms with Crippen molar-refractivity contribution in [2.24, 2.45) is 0 Å². The summed E-state index contributed by atoms with van der Waals surface area (Å²) in [5.41, 5.74) is 1.23. The molecule has 0 saturated carbocycles. The zero-order valence-corrected chi connectivity index (χ0v) is 23.5. The molecule has 0 amide bonds. The third kappa shape index (κ3) is 7.25. The Balaban J connectivity index is 0.00000420. The number of benzene rings is 2. The molecule has 0 unspecified atom stereocenters. The molecule has 0 radical (unpaired) electrons. The largest absolute Gasteiger partial charge is 0.493 e. The third-order valence-corrected chi connectivity index (χ3v) is 7.62. The molecule has 39 heavy (non-hydrogen) atoms. The maximum Gasteiger partial charge on any atom is 0.164 e. The fourth-order valence-electron chi connectivity index (χ4n) is 4.30. The number of fused-ring (bicyclic) bond motifs is 1. The van der Waals surface area contributed by atoms with Gasteiger partial charge in [0.2, 0.25) is 0 Å². The van der Waals surface area contributed by atoms with Crippen molar-refractivity contribution >= 4 is 49.9 Å². The smallest absolute Gasteiger partial charge is 0.164 e. The predicted octanol–water partition coefficient (Wildman–Crippen LogP) is 1.13. The second-order valence-electron chi connectivity index (χ2n) is 8.71. The van der Waals surface area contributed by atoms with Crippen molar-refractivity contribution in [3.63, 3.8) is 0 Å². The van der Waals surface area contributed by atoms with Gasteiger partial charge in [0.1, 0.15) is 24.4 Å². The van der Waals surface area contributed by atoms with E-state index in [1.54, 1.807) is 18.2 Å². The maximum atomic E-state index is 10.9. The standard InChI is InChI=1S/C25H30BrClN4O7.H2O/c1-36-20-9-15-18(28-13-29-25(15)30-14-2-3-16(26)17(27)8-14)10-21(20)38-22(12-33)24(35)23(34)19(11-32)31-4-6-37-7-5-31;/h2-3,8-10,13,19,22-24,32-35H,4-7,11-12H2,1H3,(H,28,29,30);1H2/t19-,22-,23+,24+;/m1./s1. The van der Waals surface area contributed by atoms with E-state index in [0.29, 0.717) is 59.5 Å². The van der Waals surface area contributed by atoms with Gasteiger partial charge in [-0.25, -0.2) is 9.97 Å². The van der Waals surface area contributed by atoms with Crippen molar-refractivity contribution < 1.29 is 40.1 Å². The van der Waals surface area contributed by atoms with Crippen LogP contribution in [0.1, 0.15) is 0 Å². The Morgan fingerprint density at radius 1 is 1.08 bits per heavy atom. The first-order valence-corrected chi connectivity index (χ1v) is 13.1. The minimum Gasteiger partial charge on any atom is -0.493 e. The summed E-state index contributed by atoms with van der Waals surface area (Å²) < 4.78 is 17.5. The van der Waals surface area contributed by atoms with Crippen LogP contribution in [0.2, 0.25) is 5.02 Å². The van der Waals surface area contributed by atoms with Crippen LogP contribution in [0.15, 0.2) is 41.1 Å². The lowest BCUT2D eigenvalue weighted by Gasteiger charge is -2.38. The molecule has 3 aromatic rings. The molecular formula is C25H32BrClN4O8. The Morgan fingerprint density at radius 2 is 1.82 bits per heavy atom. The third-order valence-electron chi connectivity index (χ3n) is 6.39. The summed E-state index contributed by atoms with van der Waals surface area (Å²) in [5.74, 6) is 1.01. The Hall–Kier alpha value is -2.33. The molecule has 0 aliphatic carbocycles. The molecule has 4 rings (SSSR count). The minimum atomic E-state index is -1.51. The number of ether oxygens (including phenoxy) is 3. The van der Waals surface area contributed by atoms with E-state index in [1.807, 2.05) is 17.0 Å². The lowest BCUT2D eigenvalue weighted by Crippen LogP contribution is -2.57. The zero-order valence-electron chi connectivity index (χ0n) is 21.1. The molecule has 0 bridgehead atoms. The van der Waals surface area contributed by atoms with Gasteiger partial charge in [-0.2, -0.15) is 0 Å². The average molecular weight is 632 g/mol. The van der Waals surface area contributed by atoms with Gasteiger partial charge in [0.25, 0.3) is 0 Å². The first kappa shape index (κ1) is 31.2. The molecule has 1 aromatic heterocycles. The number of halogens is 2. The lowest BCUT2D eigenvalue weighted by atomic mass is 9.99. The number of nitrogens with one attached hydrogen (secondary N) is 1. The molecule has 7 N–H and O–H groups in total. The summed E-state index contributed by atoms with van der Waals surface area (Å²) in [6, 6.07) is 7.93. The minimum absolute atomic E-state index is 0. The van der Waals surface area contributed by atoms with E-state index in [0.717, 1.165) is 4.47 Å². The molecule has 2 aromatic carbocycles. The van der Waals surface area contributed by atoms with E-state index >= 15 is 0 Å².